The Hall–Kier alpha value is -3.00. The van der Waals surface area contributed by atoms with E-state index >= 15 is 0 Å². The van der Waals surface area contributed by atoms with Crippen LogP contribution in [0.3, 0.4) is 0 Å². The first-order chi connectivity index (χ1) is 13.0. The molecule has 0 bridgehead atoms. The van der Waals surface area contributed by atoms with E-state index in [0.29, 0.717) is 25.1 Å². The third-order valence-electron chi connectivity index (χ3n) is 4.63. The first-order valence-corrected chi connectivity index (χ1v) is 9.47. The number of carbonyl (C=O) groups is 2. The molecule has 138 valence electrons. The fraction of sp³-hybridized carbons (Fsp3) is 0.263. The van der Waals surface area contributed by atoms with Crippen molar-refractivity contribution >= 4 is 39.2 Å². The van der Waals surface area contributed by atoms with Gasteiger partial charge in [-0.25, -0.2) is 9.78 Å². The Labute approximate surface area is 160 Å². The molecule has 1 aliphatic rings. The van der Waals surface area contributed by atoms with Crippen LogP contribution in [0.25, 0.3) is 10.2 Å². The number of rotatable bonds is 2. The summed E-state index contributed by atoms with van der Waals surface area (Å²) in [6.45, 7) is 1.05. The largest absolute Gasteiger partial charge is 0.331 e. The van der Waals surface area contributed by atoms with Crippen LogP contribution in [0.5, 0.6) is 0 Å². The SMILES string of the molecule is CN(C)C(=O)N1CCc2c(cncc2C(=O)Nc2ccc3ncsc3c2)C1. The lowest BCUT2D eigenvalue weighted by molar-refractivity contribution is 0.102. The summed E-state index contributed by atoms with van der Waals surface area (Å²) < 4.78 is 1.03. The molecule has 0 aliphatic carbocycles. The minimum Gasteiger partial charge on any atom is -0.331 e. The minimum atomic E-state index is -0.185. The average molecular weight is 381 g/mol. The lowest BCUT2D eigenvalue weighted by Gasteiger charge is -2.31. The van der Waals surface area contributed by atoms with Crippen molar-refractivity contribution in [2.45, 2.75) is 13.0 Å². The number of benzene rings is 1. The Balaban J connectivity index is 1.57. The van der Waals surface area contributed by atoms with Crippen LogP contribution in [0.15, 0.2) is 36.1 Å². The highest BCUT2D eigenvalue weighted by Crippen LogP contribution is 2.25. The Morgan fingerprint density at radius 3 is 2.93 bits per heavy atom. The molecule has 27 heavy (non-hydrogen) atoms. The Kier molecular flexibility index (Phi) is 4.49. The van der Waals surface area contributed by atoms with Gasteiger partial charge in [0.2, 0.25) is 0 Å². The molecule has 1 aliphatic heterocycles. The smallest absolute Gasteiger partial charge is 0.319 e. The van der Waals surface area contributed by atoms with Crippen molar-refractivity contribution in [1.82, 2.24) is 19.8 Å². The minimum absolute atomic E-state index is 0.0339. The fourth-order valence-corrected chi connectivity index (χ4v) is 3.98. The Morgan fingerprint density at radius 2 is 2.11 bits per heavy atom. The molecular weight excluding hydrogens is 362 g/mol. The van der Waals surface area contributed by atoms with Crippen LogP contribution in [0.2, 0.25) is 0 Å². The summed E-state index contributed by atoms with van der Waals surface area (Å²) in [5.74, 6) is -0.185. The number of aromatic nitrogens is 2. The fourth-order valence-electron chi connectivity index (χ4n) is 3.27. The molecule has 3 amide bonds. The van der Waals surface area contributed by atoms with E-state index in [1.807, 2.05) is 18.2 Å². The van der Waals surface area contributed by atoms with E-state index in [-0.39, 0.29) is 11.9 Å². The van der Waals surface area contributed by atoms with Gasteiger partial charge in [0, 0.05) is 45.3 Å². The molecule has 1 aromatic carbocycles. The van der Waals surface area contributed by atoms with Crippen LogP contribution >= 0.6 is 11.3 Å². The van der Waals surface area contributed by atoms with Gasteiger partial charge in [0.25, 0.3) is 5.91 Å². The third kappa shape index (κ3) is 3.35. The van der Waals surface area contributed by atoms with Crippen LogP contribution in [-0.4, -0.2) is 52.3 Å². The van der Waals surface area contributed by atoms with E-state index in [4.69, 9.17) is 0 Å². The maximum atomic E-state index is 12.8. The van der Waals surface area contributed by atoms with Crippen molar-refractivity contribution in [3.63, 3.8) is 0 Å². The molecule has 0 spiro atoms. The average Bonchev–Trinajstić information content (AvgIpc) is 3.14. The summed E-state index contributed by atoms with van der Waals surface area (Å²) in [6, 6.07) is 5.63. The number of hydrogen-bond acceptors (Lipinski definition) is 5. The summed E-state index contributed by atoms with van der Waals surface area (Å²) >= 11 is 1.54. The second-order valence-electron chi connectivity index (χ2n) is 6.66. The summed E-state index contributed by atoms with van der Waals surface area (Å²) in [7, 11) is 3.47. The van der Waals surface area contributed by atoms with Gasteiger partial charge >= 0.3 is 6.03 Å². The number of pyridine rings is 1. The highest BCUT2D eigenvalue weighted by molar-refractivity contribution is 7.16. The van der Waals surface area contributed by atoms with Crippen molar-refractivity contribution in [1.29, 1.82) is 0 Å². The van der Waals surface area contributed by atoms with Gasteiger partial charge < -0.3 is 15.1 Å². The molecule has 3 aromatic rings. The van der Waals surface area contributed by atoms with E-state index < -0.39 is 0 Å². The molecule has 0 atom stereocenters. The van der Waals surface area contributed by atoms with Crippen molar-refractivity contribution in [3.05, 3.63) is 52.8 Å². The van der Waals surface area contributed by atoms with Gasteiger partial charge in [-0.15, -0.1) is 11.3 Å². The number of carbonyl (C=O) groups excluding carboxylic acids is 2. The molecule has 3 heterocycles. The lowest BCUT2D eigenvalue weighted by Crippen LogP contribution is -2.42. The quantitative estimate of drug-likeness (QED) is 0.740. The molecule has 0 radical (unpaired) electrons. The van der Waals surface area contributed by atoms with Gasteiger partial charge in [0.15, 0.2) is 0 Å². The zero-order valence-corrected chi connectivity index (χ0v) is 15.9. The summed E-state index contributed by atoms with van der Waals surface area (Å²) in [5, 5.41) is 2.95. The highest BCUT2D eigenvalue weighted by atomic mass is 32.1. The zero-order chi connectivity index (χ0) is 19.0. The van der Waals surface area contributed by atoms with Crippen LogP contribution in [0.4, 0.5) is 10.5 Å². The number of fused-ring (bicyclic) bond motifs is 2. The molecule has 0 unspecified atom stereocenters. The maximum Gasteiger partial charge on any atom is 0.319 e. The monoisotopic (exact) mass is 381 g/mol. The summed E-state index contributed by atoms with van der Waals surface area (Å²) in [4.78, 5) is 36.8. The van der Waals surface area contributed by atoms with Gasteiger partial charge in [0.05, 0.1) is 21.3 Å². The molecule has 8 heteroatoms. The number of nitrogens with zero attached hydrogens (tertiary/aromatic N) is 4. The van der Waals surface area contributed by atoms with Gasteiger partial charge in [-0.05, 0) is 35.7 Å². The molecular formula is C19H19N5O2S. The first-order valence-electron chi connectivity index (χ1n) is 8.59. The maximum absolute atomic E-state index is 12.8. The molecule has 0 saturated carbocycles. The predicted molar refractivity (Wildman–Crippen MR) is 105 cm³/mol. The van der Waals surface area contributed by atoms with Crippen molar-refractivity contribution < 1.29 is 9.59 Å². The molecule has 1 N–H and O–H groups in total. The normalized spacial score (nSPS) is 13.3. The van der Waals surface area contributed by atoms with Gasteiger partial charge in [-0.1, -0.05) is 0 Å². The number of amides is 3. The zero-order valence-electron chi connectivity index (χ0n) is 15.1. The number of hydrogen-bond donors (Lipinski definition) is 1. The summed E-state index contributed by atoms with van der Waals surface area (Å²) in [5.41, 5.74) is 5.88. The molecule has 7 nitrogen and oxygen atoms in total. The lowest BCUT2D eigenvalue weighted by atomic mass is 9.97. The van der Waals surface area contributed by atoms with E-state index in [9.17, 15) is 9.59 Å². The molecule has 4 rings (SSSR count). The first kappa shape index (κ1) is 17.4. The number of anilines is 1. The van der Waals surface area contributed by atoms with E-state index in [1.165, 1.54) is 11.3 Å². The van der Waals surface area contributed by atoms with Gasteiger partial charge in [-0.2, -0.15) is 0 Å². The van der Waals surface area contributed by atoms with Gasteiger partial charge in [-0.3, -0.25) is 9.78 Å². The summed E-state index contributed by atoms with van der Waals surface area (Å²) in [6.07, 6.45) is 3.97. The van der Waals surface area contributed by atoms with Crippen molar-refractivity contribution in [3.8, 4) is 0 Å². The van der Waals surface area contributed by atoms with Crippen LogP contribution in [-0.2, 0) is 13.0 Å². The van der Waals surface area contributed by atoms with Crippen LogP contribution in [0.1, 0.15) is 21.5 Å². The molecule has 0 fully saturated rings. The van der Waals surface area contributed by atoms with E-state index in [2.05, 4.69) is 15.3 Å². The van der Waals surface area contributed by atoms with Gasteiger partial charge in [0.1, 0.15) is 0 Å². The molecule has 2 aromatic heterocycles. The Morgan fingerprint density at radius 1 is 1.26 bits per heavy atom. The van der Waals surface area contributed by atoms with Crippen molar-refractivity contribution in [2.75, 3.05) is 26.0 Å². The van der Waals surface area contributed by atoms with Crippen LogP contribution in [0, 0.1) is 0 Å². The van der Waals surface area contributed by atoms with Crippen molar-refractivity contribution in [2.24, 2.45) is 0 Å². The molecule has 0 saturated heterocycles. The second-order valence-corrected chi connectivity index (χ2v) is 7.55. The third-order valence-corrected chi connectivity index (χ3v) is 5.42. The number of urea groups is 1. The number of nitrogens with one attached hydrogen (secondary N) is 1. The predicted octanol–water partition coefficient (Wildman–Crippen LogP) is 2.98. The standard InChI is InChI=1S/C19H19N5O2S/c1-23(2)19(26)24-6-5-14-12(10-24)8-20-9-15(14)18(25)22-13-3-4-16-17(7-13)27-11-21-16/h3-4,7-9,11H,5-6,10H2,1-2H3,(H,22,25). The van der Waals surface area contributed by atoms with Crippen LogP contribution < -0.4 is 5.32 Å². The van der Waals surface area contributed by atoms with E-state index in [1.54, 1.807) is 41.8 Å². The highest BCUT2D eigenvalue weighted by Gasteiger charge is 2.25. The van der Waals surface area contributed by atoms with E-state index in [0.717, 1.165) is 27.0 Å². The second kappa shape index (κ2) is 6.96. The Bertz CT molecular complexity index is 1030. The number of thiazole rings is 1. The topological polar surface area (TPSA) is 78.4 Å².